The standard InChI is InChI=1S/C18H18ClNO/c19-12-15-11-18(21)20(13-15)17-9-5-4-8-16(17)10-14-6-2-1-3-7-14/h1-9,15H,10-13H2. The first-order valence-electron chi connectivity index (χ1n) is 7.26. The second kappa shape index (κ2) is 6.31. The number of carbonyl (C=O) groups is 1. The van der Waals surface area contributed by atoms with E-state index in [1.54, 1.807) is 0 Å². The minimum absolute atomic E-state index is 0.182. The minimum atomic E-state index is 0.182. The molecule has 1 aliphatic rings. The quantitative estimate of drug-likeness (QED) is 0.785. The van der Waals surface area contributed by atoms with Crippen molar-refractivity contribution in [1.29, 1.82) is 0 Å². The Morgan fingerprint density at radius 1 is 1.05 bits per heavy atom. The molecule has 0 aromatic heterocycles. The summed E-state index contributed by atoms with van der Waals surface area (Å²) in [6.45, 7) is 0.730. The minimum Gasteiger partial charge on any atom is -0.312 e. The monoisotopic (exact) mass is 299 g/mol. The number of para-hydroxylation sites is 1. The zero-order valence-electron chi connectivity index (χ0n) is 11.8. The van der Waals surface area contributed by atoms with E-state index in [-0.39, 0.29) is 11.8 Å². The molecule has 2 nitrogen and oxygen atoms in total. The number of hydrogen-bond acceptors (Lipinski definition) is 1. The van der Waals surface area contributed by atoms with Crippen molar-refractivity contribution in [3.8, 4) is 0 Å². The SMILES string of the molecule is O=C1CC(CCl)CN1c1ccccc1Cc1ccccc1. The number of halogens is 1. The van der Waals surface area contributed by atoms with Crippen LogP contribution in [0.25, 0.3) is 0 Å². The Labute approximate surface area is 130 Å². The first kappa shape index (κ1) is 14.2. The summed E-state index contributed by atoms with van der Waals surface area (Å²) in [6.07, 6.45) is 1.40. The van der Waals surface area contributed by atoms with Crippen LogP contribution in [0.2, 0.25) is 0 Å². The molecule has 2 aromatic rings. The van der Waals surface area contributed by atoms with Crippen molar-refractivity contribution in [2.75, 3.05) is 17.3 Å². The summed E-state index contributed by atoms with van der Waals surface area (Å²) in [6, 6.07) is 18.5. The third kappa shape index (κ3) is 3.11. The zero-order chi connectivity index (χ0) is 14.7. The Bertz CT molecular complexity index is 626. The summed E-state index contributed by atoms with van der Waals surface area (Å²) in [7, 11) is 0. The van der Waals surface area contributed by atoms with Crippen molar-refractivity contribution in [1.82, 2.24) is 0 Å². The van der Waals surface area contributed by atoms with E-state index in [2.05, 4.69) is 18.2 Å². The number of rotatable bonds is 4. The van der Waals surface area contributed by atoms with Crippen molar-refractivity contribution in [3.63, 3.8) is 0 Å². The van der Waals surface area contributed by atoms with E-state index < -0.39 is 0 Å². The Hall–Kier alpha value is -1.80. The maximum atomic E-state index is 12.2. The van der Waals surface area contributed by atoms with Crippen LogP contribution in [0, 0.1) is 5.92 Å². The average molecular weight is 300 g/mol. The fourth-order valence-electron chi connectivity index (χ4n) is 2.86. The van der Waals surface area contributed by atoms with Gasteiger partial charge in [0.2, 0.25) is 5.91 Å². The van der Waals surface area contributed by atoms with Crippen molar-refractivity contribution in [3.05, 3.63) is 65.7 Å². The number of hydrogen-bond donors (Lipinski definition) is 0. The molecule has 2 aromatic carbocycles. The first-order chi connectivity index (χ1) is 10.3. The lowest BCUT2D eigenvalue weighted by atomic mass is 10.0. The molecular formula is C18H18ClNO. The lowest BCUT2D eigenvalue weighted by Gasteiger charge is -2.20. The average Bonchev–Trinajstić information content (AvgIpc) is 2.90. The number of alkyl halides is 1. The highest BCUT2D eigenvalue weighted by Crippen LogP contribution is 2.29. The molecule has 1 amide bonds. The number of amides is 1. The van der Waals surface area contributed by atoms with E-state index in [1.807, 2.05) is 41.3 Å². The van der Waals surface area contributed by atoms with Gasteiger partial charge in [0.05, 0.1) is 0 Å². The van der Waals surface area contributed by atoms with Gasteiger partial charge in [-0.25, -0.2) is 0 Å². The Kier molecular flexibility index (Phi) is 4.26. The van der Waals surface area contributed by atoms with Crippen molar-refractivity contribution in [2.45, 2.75) is 12.8 Å². The molecule has 0 bridgehead atoms. The Morgan fingerprint density at radius 3 is 2.48 bits per heavy atom. The maximum absolute atomic E-state index is 12.2. The normalized spacial score (nSPS) is 18.2. The van der Waals surface area contributed by atoms with Crippen LogP contribution in [-0.2, 0) is 11.2 Å². The van der Waals surface area contributed by atoms with Crippen LogP contribution in [0.3, 0.4) is 0 Å². The van der Waals surface area contributed by atoms with Gasteiger partial charge in [-0.15, -0.1) is 11.6 Å². The molecule has 108 valence electrons. The molecule has 3 rings (SSSR count). The first-order valence-corrected chi connectivity index (χ1v) is 7.79. The summed E-state index contributed by atoms with van der Waals surface area (Å²) in [5, 5.41) is 0. The third-order valence-corrected chi connectivity index (χ3v) is 4.38. The maximum Gasteiger partial charge on any atom is 0.227 e. The Balaban J connectivity index is 1.88. The summed E-state index contributed by atoms with van der Waals surface area (Å²) in [5.41, 5.74) is 3.47. The number of anilines is 1. The molecule has 0 radical (unpaired) electrons. The summed E-state index contributed by atoms with van der Waals surface area (Å²) < 4.78 is 0. The molecule has 1 aliphatic heterocycles. The fourth-order valence-corrected chi connectivity index (χ4v) is 3.06. The summed E-state index contributed by atoms with van der Waals surface area (Å²) in [5.74, 6) is 0.994. The van der Waals surface area contributed by atoms with Gasteiger partial charge in [0, 0.05) is 24.5 Å². The molecule has 1 heterocycles. The van der Waals surface area contributed by atoms with Crippen molar-refractivity contribution < 1.29 is 4.79 Å². The second-order valence-corrected chi connectivity index (χ2v) is 5.83. The van der Waals surface area contributed by atoms with Crippen LogP contribution < -0.4 is 4.90 Å². The van der Waals surface area contributed by atoms with Gasteiger partial charge in [-0.2, -0.15) is 0 Å². The molecule has 0 N–H and O–H groups in total. The molecule has 0 spiro atoms. The van der Waals surface area contributed by atoms with E-state index in [1.165, 1.54) is 11.1 Å². The van der Waals surface area contributed by atoms with Crippen LogP contribution in [0.5, 0.6) is 0 Å². The highest BCUT2D eigenvalue weighted by molar-refractivity contribution is 6.18. The van der Waals surface area contributed by atoms with Gasteiger partial charge in [-0.1, -0.05) is 48.5 Å². The van der Waals surface area contributed by atoms with Crippen molar-refractivity contribution in [2.24, 2.45) is 5.92 Å². The van der Waals surface area contributed by atoms with Gasteiger partial charge in [0.25, 0.3) is 0 Å². The van der Waals surface area contributed by atoms with E-state index in [0.29, 0.717) is 12.3 Å². The third-order valence-electron chi connectivity index (χ3n) is 3.94. The highest BCUT2D eigenvalue weighted by Gasteiger charge is 2.30. The van der Waals surface area contributed by atoms with Gasteiger partial charge in [-0.3, -0.25) is 4.79 Å². The van der Waals surface area contributed by atoms with Crippen LogP contribution in [0.15, 0.2) is 54.6 Å². The van der Waals surface area contributed by atoms with E-state index in [0.717, 1.165) is 18.7 Å². The molecule has 0 aliphatic carbocycles. The molecule has 1 atom stereocenters. The zero-order valence-corrected chi connectivity index (χ0v) is 12.6. The molecular weight excluding hydrogens is 282 g/mol. The van der Waals surface area contributed by atoms with Crippen LogP contribution in [-0.4, -0.2) is 18.3 Å². The van der Waals surface area contributed by atoms with Gasteiger partial charge >= 0.3 is 0 Å². The summed E-state index contributed by atoms with van der Waals surface area (Å²) >= 11 is 5.92. The van der Waals surface area contributed by atoms with Gasteiger partial charge in [-0.05, 0) is 29.5 Å². The smallest absolute Gasteiger partial charge is 0.227 e. The largest absolute Gasteiger partial charge is 0.312 e. The predicted octanol–water partition coefficient (Wildman–Crippen LogP) is 3.87. The number of benzene rings is 2. The molecule has 3 heteroatoms. The van der Waals surface area contributed by atoms with Crippen LogP contribution in [0.1, 0.15) is 17.5 Å². The van der Waals surface area contributed by atoms with E-state index >= 15 is 0 Å². The van der Waals surface area contributed by atoms with Crippen LogP contribution in [0.4, 0.5) is 5.69 Å². The molecule has 21 heavy (non-hydrogen) atoms. The number of nitrogens with zero attached hydrogens (tertiary/aromatic N) is 1. The topological polar surface area (TPSA) is 20.3 Å². The van der Waals surface area contributed by atoms with E-state index in [4.69, 9.17) is 11.6 Å². The molecule has 1 unspecified atom stereocenters. The number of carbonyl (C=O) groups excluding carboxylic acids is 1. The fraction of sp³-hybridized carbons (Fsp3) is 0.278. The molecule has 0 saturated carbocycles. The molecule has 1 fully saturated rings. The lowest BCUT2D eigenvalue weighted by Crippen LogP contribution is -2.25. The predicted molar refractivity (Wildman–Crippen MR) is 86.9 cm³/mol. The summed E-state index contributed by atoms with van der Waals surface area (Å²) in [4.78, 5) is 14.1. The highest BCUT2D eigenvalue weighted by atomic mass is 35.5. The van der Waals surface area contributed by atoms with E-state index in [9.17, 15) is 4.79 Å². The van der Waals surface area contributed by atoms with Crippen LogP contribution >= 0.6 is 11.6 Å². The van der Waals surface area contributed by atoms with Crippen molar-refractivity contribution >= 4 is 23.2 Å². The lowest BCUT2D eigenvalue weighted by molar-refractivity contribution is -0.117. The van der Waals surface area contributed by atoms with Gasteiger partial charge in [0.1, 0.15) is 0 Å². The Morgan fingerprint density at radius 2 is 1.76 bits per heavy atom. The van der Waals surface area contributed by atoms with Gasteiger partial charge < -0.3 is 4.90 Å². The second-order valence-electron chi connectivity index (χ2n) is 5.52. The van der Waals surface area contributed by atoms with Gasteiger partial charge in [0.15, 0.2) is 0 Å². The molecule has 1 saturated heterocycles.